The van der Waals surface area contributed by atoms with E-state index in [0.717, 1.165) is 6.07 Å². The number of methoxy groups -OCH3 is 1. The Balaban J connectivity index is 2.77. The third-order valence-electron chi connectivity index (χ3n) is 2.33. The molecule has 0 aromatic heterocycles. The van der Waals surface area contributed by atoms with Crippen molar-refractivity contribution >= 4 is 17.6 Å². The van der Waals surface area contributed by atoms with Gasteiger partial charge in [0, 0.05) is 6.42 Å². The lowest BCUT2D eigenvalue weighted by Gasteiger charge is -2.13. The Kier molecular flexibility index (Phi) is 5.50. The number of carbonyl (C=O) groups is 1. The van der Waals surface area contributed by atoms with Crippen molar-refractivity contribution in [2.45, 2.75) is 19.0 Å². The molecule has 1 aromatic carbocycles. The average Bonchev–Trinajstić information content (AvgIpc) is 2.33. The molecular formula is C12H12ClF3O4. The molecule has 112 valence electrons. The minimum absolute atomic E-state index is 0.0290. The van der Waals surface area contributed by atoms with Crippen LogP contribution in [0.5, 0.6) is 11.5 Å². The molecule has 1 N–H and O–H groups in total. The van der Waals surface area contributed by atoms with Crippen LogP contribution in [0.4, 0.5) is 13.2 Å². The number of ether oxygens (including phenoxy) is 2. The summed E-state index contributed by atoms with van der Waals surface area (Å²) in [6, 6.07) is 2.33. The zero-order chi connectivity index (χ0) is 15.3. The number of carboxylic acid groups (broad SMARTS) is 1. The van der Waals surface area contributed by atoms with E-state index in [1.807, 2.05) is 0 Å². The number of aromatic carboxylic acids is 1. The number of rotatable bonds is 6. The summed E-state index contributed by atoms with van der Waals surface area (Å²) in [6.07, 6.45) is -5.45. The maximum Gasteiger partial charge on any atom is 0.389 e. The van der Waals surface area contributed by atoms with E-state index >= 15 is 0 Å². The van der Waals surface area contributed by atoms with Gasteiger partial charge in [0.15, 0.2) is 11.5 Å². The monoisotopic (exact) mass is 312 g/mol. The Morgan fingerprint density at radius 1 is 1.40 bits per heavy atom. The molecule has 0 heterocycles. The number of hydrogen-bond acceptors (Lipinski definition) is 3. The van der Waals surface area contributed by atoms with Gasteiger partial charge in [-0.25, -0.2) is 4.79 Å². The van der Waals surface area contributed by atoms with Crippen LogP contribution in [-0.4, -0.2) is 31.0 Å². The van der Waals surface area contributed by atoms with Crippen molar-refractivity contribution in [1.29, 1.82) is 0 Å². The molecule has 4 nitrogen and oxygen atoms in total. The molecule has 0 saturated heterocycles. The molecule has 0 atom stereocenters. The Labute approximate surface area is 118 Å². The van der Waals surface area contributed by atoms with Gasteiger partial charge in [0.1, 0.15) is 0 Å². The van der Waals surface area contributed by atoms with E-state index in [1.165, 1.54) is 13.2 Å². The highest BCUT2D eigenvalue weighted by molar-refractivity contribution is 6.32. The van der Waals surface area contributed by atoms with Crippen LogP contribution in [0.3, 0.4) is 0 Å². The topological polar surface area (TPSA) is 55.8 Å². The summed E-state index contributed by atoms with van der Waals surface area (Å²) in [6.45, 7) is -0.206. The maximum absolute atomic E-state index is 12.0. The van der Waals surface area contributed by atoms with Gasteiger partial charge in [-0.1, -0.05) is 11.6 Å². The lowest BCUT2D eigenvalue weighted by molar-refractivity contribution is -0.136. The standard InChI is InChI=1S/C12H12ClF3O4/c1-19-9-6-7(11(17)18)5-8(13)10(9)20-4-2-3-12(14,15)16/h5-6H,2-4H2,1H3,(H,17,18). The summed E-state index contributed by atoms with van der Waals surface area (Å²) in [5.41, 5.74) is -0.102. The zero-order valence-electron chi connectivity index (χ0n) is 10.5. The van der Waals surface area contributed by atoms with Crippen LogP contribution in [0.2, 0.25) is 5.02 Å². The van der Waals surface area contributed by atoms with Crippen LogP contribution in [0, 0.1) is 0 Å². The van der Waals surface area contributed by atoms with Crippen LogP contribution >= 0.6 is 11.6 Å². The summed E-state index contributed by atoms with van der Waals surface area (Å²) in [5.74, 6) is -1.11. The van der Waals surface area contributed by atoms with Crippen LogP contribution in [0.25, 0.3) is 0 Å². The number of alkyl halides is 3. The lowest BCUT2D eigenvalue weighted by Crippen LogP contribution is -2.10. The minimum atomic E-state index is -4.25. The second kappa shape index (κ2) is 6.69. The highest BCUT2D eigenvalue weighted by Gasteiger charge is 2.26. The quantitative estimate of drug-likeness (QED) is 0.812. The van der Waals surface area contributed by atoms with E-state index < -0.39 is 18.6 Å². The highest BCUT2D eigenvalue weighted by atomic mass is 35.5. The largest absolute Gasteiger partial charge is 0.493 e. The second-order valence-electron chi connectivity index (χ2n) is 3.86. The molecule has 1 aromatic rings. The number of carboxylic acids is 1. The fourth-order valence-electron chi connectivity index (χ4n) is 1.43. The number of hydrogen-bond donors (Lipinski definition) is 1. The van der Waals surface area contributed by atoms with Crippen molar-refractivity contribution in [3.63, 3.8) is 0 Å². The van der Waals surface area contributed by atoms with Gasteiger partial charge in [-0.2, -0.15) is 13.2 Å². The third-order valence-corrected chi connectivity index (χ3v) is 2.61. The number of benzene rings is 1. The van der Waals surface area contributed by atoms with Gasteiger partial charge in [-0.05, 0) is 18.6 Å². The minimum Gasteiger partial charge on any atom is -0.493 e. The average molecular weight is 313 g/mol. The molecule has 0 bridgehead atoms. The van der Waals surface area contributed by atoms with Gasteiger partial charge in [0.05, 0.1) is 24.3 Å². The molecular weight excluding hydrogens is 301 g/mol. The summed E-state index contributed by atoms with van der Waals surface area (Å²) in [5, 5.41) is 8.81. The molecule has 0 amide bonds. The van der Waals surface area contributed by atoms with E-state index in [1.54, 1.807) is 0 Å². The molecule has 0 radical (unpaired) electrons. The highest BCUT2D eigenvalue weighted by Crippen LogP contribution is 2.36. The summed E-state index contributed by atoms with van der Waals surface area (Å²) >= 11 is 5.84. The molecule has 0 saturated carbocycles. The predicted octanol–water partition coefficient (Wildman–Crippen LogP) is 3.77. The molecule has 0 aliphatic heterocycles. The SMILES string of the molecule is COc1cc(C(=O)O)cc(Cl)c1OCCCC(F)(F)F. The Morgan fingerprint density at radius 2 is 2.05 bits per heavy atom. The zero-order valence-corrected chi connectivity index (χ0v) is 11.2. The van der Waals surface area contributed by atoms with Crippen molar-refractivity contribution in [1.82, 2.24) is 0 Å². The van der Waals surface area contributed by atoms with E-state index in [-0.39, 0.29) is 35.1 Å². The fourth-order valence-corrected chi connectivity index (χ4v) is 1.70. The summed E-state index contributed by atoms with van der Waals surface area (Å²) in [7, 11) is 1.28. The fraction of sp³-hybridized carbons (Fsp3) is 0.417. The third kappa shape index (κ3) is 4.80. The predicted molar refractivity (Wildman–Crippen MR) is 65.7 cm³/mol. The van der Waals surface area contributed by atoms with E-state index in [0.29, 0.717) is 0 Å². The Bertz CT molecular complexity index is 488. The first-order valence-electron chi connectivity index (χ1n) is 5.55. The van der Waals surface area contributed by atoms with Crippen molar-refractivity contribution in [2.75, 3.05) is 13.7 Å². The Hall–Kier alpha value is -1.63. The smallest absolute Gasteiger partial charge is 0.389 e. The van der Waals surface area contributed by atoms with E-state index in [2.05, 4.69) is 0 Å². The Morgan fingerprint density at radius 3 is 2.55 bits per heavy atom. The van der Waals surface area contributed by atoms with Crippen LogP contribution in [0.15, 0.2) is 12.1 Å². The molecule has 0 aliphatic rings. The van der Waals surface area contributed by atoms with Crippen LogP contribution in [0.1, 0.15) is 23.2 Å². The van der Waals surface area contributed by atoms with Gasteiger partial charge in [0.25, 0.3) is 0 Å². The van der Waals surface area contributed by atoms with Crippen LogP contribution in [-0.2, 0) is 0 Å². The molecule has 0 fully saturated rings. The maximum atomic E-state index is 12.0. The van der Waals surface area contributed by atoms with Crippen molar-refractivity contribution in [3.8, 4) is 11.5 Å². The van der Waals surface area contributed by atoms with Crippen molar-refractivity contribution in [2.24, 2.45) is 0 Å². The summed E-state index contributed by atoms with van der Waals surface area (Å²) < 4.78 is 46.0. The second-order valence-corrected chi connectivity index (χ2v) is 4.27. The molecule has 1 rings (SSSR count). The van der Waals surface area contributed by atoms with E-state index in [4.69, 9.17) is 26.2 Å². The summed E-state index contributed by atoms with van der Waals surface area (Å²) in [4.78, 5) is 10.8. The first-order chi connectivity index (χ1) is 9.24. The molecule has 8 heteroatoms. The molecule has 0 spiro atoms. The van der Waals surface area contributed by atoms with Gasteiger partial charge in [-0.3, -0.25) is 0 Å². The van der Waals surface area contributed by atoms with Gasteiger partial charge >= 0.3 is 12.1 Å². The van der Waals surface area contributed by atoms with Gasteiger partial charge < -0.3 is 14.6 Å². The first kappa shape index (κ1) is 16.4. The van der Waals surface area contributed by atoms with Gasteiger partial charge in [-0.15, -0.1) is 0 Å². The van der Waals surface area contributed by atoms with Gasteiger partial charge in [0.2, 0.25) is 0 Å². The molecule has 0 aliphatic carbocycles. The van der Waals surface area contributed by atoms with Crippen LogP contribution < -0.4 is 9.47 Å². The lowest BCUT2D eigenvalue weighted by atomic mass is 10.2. The molecule has 20 heavy (non-hydrogen) atoms. The number of halogens is 4. The first-order valence-corrected chi connectivity index (χ1v) is 5.93. The van der Waals surface area contributed by atoms with E-state index in [9.17, 15) is 18.0 Å². The van der Waals surface area contributed by atoms with Crippen molar-refractivity contribution in [3.05, 3.63) is 22.7 Å². The molecule has 0 unspecified atom stereocenters. The normalized spacial score (nSPS) is 11.2. The van der Waals surface area contributed by atoms with Crippen molar-refractivity contribution < 1.29 is 32.5 Å².